The number of thioether (sulfide) groups is 2. The van der Waals surface area contributed by atoms with Gasteiger partial charge in [-0.3, -0.25) is 19.2 Å². The summed E-state index contributed by atoms with van der Waals surface area (Å²) in [5.41, 5.74) is 0.192. The van der Waals surface area contributed by atoms with Crippen LogP contribution in [0.25, 0.3) is 0 Å². The summed E-state index contributed by atoms with van der Waals surface area (Å²) in [6.07, 6.45) is 1.35. The molecule has 2 aliphatic rings. The zero-order chi connectivity index (χ0) is 31.7. The largest absolute Gasteiger partial charge is 0.481 e. The monoisotopic (exact) mass is 630 g/mol. The maximum Gasteiger partial charge on any atom is 0.286 e. The van der Waals surface area contributed by atoms with E-state index in [0.717, 1.165) is 0 Å². The zero-order valence-electron chi connectivity index (χ0n) is 24.4. The minimum Gasteiger partial charge on any atom is -0.481 e. The molecule has 3 aromatic rings. The number of ether oxygens (including phenoxy) is 1. The second-order valence-electron chi connectivity index (χ2n) is 10.8. The van der Waals surface area contributed by atoms with Crippen molar-refractivity contribution in [1.82, 2.24) is 14.8 Å². The molecule has 44 heavy (non-hydrogen) atoms. The van der Waals surface area contributed by atoms with Gasteiger partial charge in [-0.15, -0.1) is 0 Å². The van der Waals surface area contributed by atoms with Crippen LogP contribution in [0.3, 0.4) is 0 Å². The second kappa shape index (κ2) is 11.9. The van der Waals surface area contributed by atoms with Crippen LogP contribution in [0.1, 0.15) is 31.9 Å². The number of carbonyl (C=O) groups excluding carboxylic acids is 4. The van der Waals surface area contributed by atoms with E-state index in [1.165, 1.54) is 37.1 Å². The van der Waals surface area contributed by atoms with Crippen molar-refractivity contribution in [1.29, 1.82) is 5.26 Å². The maximum absolute atomic E-state index is 14.8. The van der Waals surface area contributed by atoms with Crippen LogP contribution >= 0.6 is 23.5 Å². The number of methoxy groups -OCH3 is 1. The van der Waals surface area contributed by atoms with E-state index in [1.807, 2.05) is 0 Å². The van der Waals surface area contributed by atoms with Gasteiger partial charge in [0.2, 0.25) is 5.88 Å². The first-order valence-corrected chi connectivity index (χ1v) is 15.2. The molecular formula is C31H30N6O5S2. The molecule has 2 aliphatic heterocycles. The lowest BCUT2D eigenvalue weighted by molar-refractivity contribution is -0.163. The predicted molar refractivity (Wildman–Crippen MR) is 169 cm³/mol. The molecule has 0 aliphatic carbocycles. The van der Waals surface area contributed by atoms with E-state index >= 15 is 0 Å². The average molecular weight is 631 g/mol. The van der Waals surface area contributed by atoms with Crippen molar-refractivity contribution >= 4 is 57.2 Å². The number of fused-ring (bicyclic) bond motifs is 1. The molecule has 2 saturated heterocycles. The number of hydrogen-bond acceptors (Lipinski definition) is 9. The van der Waals surface area contributed by atoms with Crippen molar-refractivity contribution in [2.24, 2.45) is 5.41 Å². The number of likely N-dealkylation sites (N-methyl/N-ethyl adjacent to an activating group) is 1. The van der Waals surface area contributed by atoms with Gasteiger partial charge in [0.25, 0.3) is 22.3 Å². The van der Waals surface area contributed by atoms with E-state index in [-0.39, 0.29) is 6.42 Å². The second-order valence-corrected chi connectivity index (χ2v) is 13.4. The molecule has 4 atom stereocenters. The van der Waals surface area contributed by atoms with Crippen LogP contribution in [0.2, 0.25) is 0 Å². The maximum atomic E-state index is 14.8. The molecule has 0 saturated carbocycles. The van der Waals surface area contributed by atoms with Gasteiger partial charge in [-0.25, -0.2) is 4.98 Å². The summed E-state index contributed by atoms with van der Waals surface area (Å²) in [4.78, 5) is 59.4. The van der Waals surface area contributed by atoms with Gasteiger partial charge in [0.1, 0.15) is 0 Å². The highest BCUT2D eigenvalue weighted by molar-refractivity contribution is 8.16. The first-order valence-electron chi connectivity index (χ1n) is 13.6. The average Bonchev–Trinajstić information content (AvgIpc) is 3.29. The van der Waals surface area contributed by atoms with Crippen molar-refractivity contribution in [3.05, 3.63) is 84.6 Å². The van der Waals surface area contributed by atoms with Gasteiger partial charge < -0.3 is 25.2 Å². The number of benzene rings is 2. The van der Waals surface area contributed by atoms with Crippen LogP contribution in [0.15, 0.2) is 79.0 Å². The summed E-state index contributed by atoms with van der Waals surface area (Å²) in [5, 5.41) is 14.9. The Morgan fingerprint density at radius 1 is 0.932 bits per heavy atom. The highest BCUT2D eigenvalue weighted by Gasteiger charge is 2.72. The van der Waals surface area contributed by atoms with Gasteiger partial charge in [-0.05, 0) is 73.3 Å². The Labute approximate surface area is 263 Å². The molecular weight excluding hydrogens is 601 g/mol. The number of nitrogens with one attached hydrogen (secondary N) is 2. The Morgan fingerprint density at radius 2 is 1.50 bits per heavy atom. The Balaban J connectivity index is 1.59. The van der Waals surface area contributed by atoms with E-state index in [4.69, 9.17) is 4.74 Å². The molecule has 11 nitrogen and oxygen atoms in total. The molecule has 0 radical (unpaired) electrons. The molecule has 5 rings (SSSR count). The van der Waals surface area contributed by atoms with E-state index < -0.39 is 43.5 Å². The molecule has 2 fully saturated rings. The van der Waals surface area contributed by atoms with Crippen LogP contribution in [0, 0.1) is 16.7 Å². The van der Waals surface area contributed by atoms with Crippen LogP contribution in [0.5, 0.6) is 5.88 Å². The summed E-state index contributed by atoms with van der Waals surface area (Å²) in [6.45, 7) is 3.15. The molecule has 0 spiro atoms. The number of aromatic nitrogens is 1. The van der Waals surface area contributed by atoms with E-state index in [0.29, 0.717) is 46.3 Å². The highest BCUT2D eigenvalue weighted by Crippen LogP contribution is 2.62. The SMILES string of the molecule is COc1ccc([C@@H]2N3C(=O)[C@](C)(SC(=O)Nc4ccccc4)N(C)C(=O)[C@@]3(SC(=O)Nc3ccccc3)C[C@]2(C)C#N)cn1. The minimum atomic E-state index is -1.80. The third kappa shape index (κ3) is 5.35. The van der Waals surface area contributed by atoms with E-state index in [9.17, 15) is 24.4 Å². The minimum absolute atomic E-state index is 0.147. The normalized spacial score (nSPS) is 26.0. The van der Waals surface area contributed by atoms with Crippen LogP contribution in [-0.2, 0) is 9.59 Å². The molecule has 4 amide bonds. The quantitative estimate of drug-likeness (QED) is 0.350. The van der Waals surface area contributed by atoms with Crippen molar-refractivity contribution in [3.8, 4) is 11.9 Å². The van der Waals surface area contributed by atoms with Crippen LogP contribution in [-0.4, -0.2) is 61.0 Å². The van der Waals surface area contributed by atoms with Gasteiger partial charge >= 0.3 is 0 Å². The first kappa shape index (κ1) is 30.9. The number of rotatable bonds is 6. The fourth-order valence-corrected chi connectivity index (χ4v) is 7.95. The Bertz CT molecular complexity index is 1640. The Morgan fingerprint density at radius 3 is 2.00 bits per heavy atom. The number of nitrogens with zero attached hydrogens (tertiary/aromatic N) is 4. The summed E-state index contributed by atoms with van der Waals surface area (Å²) >= 11 is 1.31. The van der Waals surface area contributed by atoms with Gasteiger partial charge in [-0.1, -0.05) is 36.4 Å². The fraction of sp³-hybridized carbons (Fsp3) is 0.290. The highest BCUT2D eigenvalue weighted by atomic mass is 32.2. The van der Waals surface area contributed by atoms with Gasteiger partial charge in [0, 0.05) is 37.1 Å². The Hall–Kier alpha value is -4.54. The van der Waals surface area contributed by atoms with Crippen molar-refractivity contribution in [2.45, 2.75) is 36.1 Å². The number of pyridine rings is 1. The number of para-hydroxylation sites is 2. The first-order chi connectivity index (χ1) is 21.0. The van der Waals surface area contributed by atoms with Crippen molar-refractivity contribution in [2.75, 3.05) is 24.8 Å². The number of nitriles is 1. The summed E-state index contributed by atoms with van der Waals surface area (Å²) in [5.74, 6) is -0.863. The lowest BCUT2D eigenvalue weighted by atomic mass is 9.80. The van der Waals surface area contributed by atoms with Gasteiger partial charge in [0.15, 0.2) is 9.74 Å². The Kier molecular flexibility index (Phi) is 8.33. The van der Waals surface area contributed by atoms with Crippen molar-refractivity contribution in [3.63, 3.8) is 0 Å². The van der Waals surface area contributed by atoms with E-state index in [1.54, 1.807) is 79.7 Å². The number of carbonyl (C=O) groups is 4. The third-order valence-corrected chi connectivity index (χ3v) is 10.2. The summed E-state index contributed by atoms with van der Waals surface area (Å²) < 4.78 is 5.20. The molecule has 226 valence electrons. The summed E-state index contributed by atoms with van der Waals surface area (Å²) in [6, 6.07) is 22.1. The molecule has 0 unspecified atom stereocenters. The number of piperazine rings is 1. The molecule has 0 bridgehead atoms. The zero-order valence-corrected chi connectivity index (χ0v) is 26.1. The third-order valence-electron chi connectivity index (χ3n) is 7.89. The molecule has 2 aromatic carbocycles. The standard InChI is InChI=1S/C31H30N6O5S2/c1-29(19-32)18-31(44-28(41)35-22-13-9-6-10-14-22)26(39)36(3)30(2,43-27(40)34-21-11-7-5-8-12-21)25(38)37(31)24(29)20-15-16-23(42-4)33-17-20/h5-17,24H,18H2,1-4H3,(H,34,40)(H,35,41)/t24-,29+,30-,31-/m0/s1. The molecule has 13 heteroatoms. The number of amides is 4. The number of hydrogen-bond donors (Lipinski definition) is 2. The molecule has 2 N–H and O–H groups in total. The van der Waals surface area contributed by atoms with Crippen LogP contribution < -0.4 is 15.4 Å². The molecule has 3 heterocycles. The van der Waals surface area contributed by atoms with Crippen molar-refractivity contribution < 1.29 is 23.9 Å². The van der Waals surface area contributed by atoms with Crippen LogP contribution in [0.4, 0.5) is 21.0 Å². The van der Waals surface area contributed by atoms with E-state index in [2.05, 4.69) is 21.7 Å². The summed E-state index contributed by atoms with van der Waals surface area (Å²) in [7, 11) is 2.90. The van der Waals surface area contributed by atoms with Gasteiger partial charge in [-0.2, -0.15) is 5.26 Å². The van der Waals surface area contributed by atoms with Gasteiger partial charge in [0.05, 0.1) is 24.6 Å². The fourth-order valence-electron chi connectivity index (χ4n) is 5.65. The smallest absolute Gasteiger partial charge is 0.286 e. The molecule has 1 aromatic heterocycles. The predicted octanol–water partition coefficient (Wildman–Crippen LogP) is 5.71. The lowest BCUT2D eigenvalue weighted by Gasteiger charge is -2.52. The lowest BCUT2D eigenvalue weighted by Crippen LogP contribution is -2.71. The number of anilines is 2. The topological polar surface area (TPSA) is 145 Å².